The van der Waals surface area contributed by atoms with Crippen molar-refractivity contribution >= 4 is 12.0 Å². The SMILES string of the molecule is C[C@H](CNC(=O)Nc1ncn(Cc2ccccc2)n1)Cn1cccn1. The van der Waals surface area contributed by atoms with Crippen molar-refractivity contribution in [3.05, 3.63) is 60.7 Å². The van der Waals surface area contributed by atoms with Crippen LogP contribution in [0.25, 0.3) is 0 Å². The van der Waals surface area contributed by atoms with Crippen LogP contribution in [0.3, 0.4) is 0 Å². The van der Waals surface area contributed by atoms with E-state index in [0.29, 0.717) is 13.1 Å². The fourth-order valence-corrected chi connectivity index (χ4v) is 2.40. The van der Waals surface area contributed by atoms with Crippen LogP contribution in [0, 0.1) is 5.92 Å². The molecule has 25 heavy (non-hydrogen) atoms. The minimum atomic E-state index is -0.315. The van der Waals surface area contributed by atoms with E-state index in [4.69, 9.17) is 0 Å². The van der Waals surface area contributed by atoms with Gasteiger partial charge in [0.15, 0.2) is 0 Å². The van der Waals surface area contributed by atoms with Crippen LogP contribution in [0.1, 0.15) is 12.5 Å². The van der Waals surface area contributed by atoms with E-state index in [0.717, 1.165) is 12.1 Å². The Labute approximate surface area is 145 Å². The second kappa shape index (κ2) is 8.09. The minimum Gasteiger partial charge on any atom is -0.337 e. The van der Waals surface area contributed by atoms with Crippen molar-refractivity contribution in [1.29, 1.82) is 0 Å². The third-order valence-electron chi connectivity index (χ3n) is 3.62. The Hall–Kier alpha value is -3.16. The van der Waals surface area contributed by atoms with Crippen LogP contribution in [0.5, 0.6) is 0 Å². The number of carbonyl (C=O) groups is 1. The molecule has 2 aromatic heterocycles. The maximum absolute atomic E-state index is 12.0. The monoisotopic (exact) mass is 339 g/mol. The van der Waals surface area contributed by atoms with Crippen LogP contribution in [-0.2, 0) is 13.1 Å². The first-order chi connectivity index (χ1) is 12.2. The molecule has 0 aliphatic heterocycles. The van der Waals surface area contributed by atoms with Crippen molar-refractivity contribution in [3.63, 3.8) is 0 Å². The Balaban J connectivity index is 1.43. The summed E-state index contributed by atoms with van der Waals surface area (Å²) in [5.74, 6) is 0.544. The summed E-state index contributed by atoms with van der Waals surface area (Å²) in [5.41, 5.74) is 1.12. The predicted molar refractivity (Wildman–Crippen MR) is 94.0 cm³/mol. The summed E-state index contributed by atoms with van der Waals surface area (Å²) < 4.78 is 3.53. The summed E-state index contributed by atoms with van der Waals surface area (Å²) >= 11 is 0. The van der Waals surface area contributed by atoms with Crippen LogP contribution < -0.4 is 10.6 Å². The van der Waals surface area contributed by atoms with E-state index in [1.807, 2.05) is 47.3 Å². The lowest BCUT2D eigenvalue weighted by atomic mass is 10.2. The Morgan fingerprint density at radius 3 is 2.80 bits per heavy atom. The van der Waals surface area contributed by atoms with E-state index in [-0.39, 0.29) is 17.9 Å². The number of nitrogens with one attached hydrogen (secondary N) is 2. The first kappa shape index (κ1) is 16.7. The first-order valence-corrected chi connectivity index (χ1v) is 8.14. The fraction of sp³-hybridized carbons (Fsp3) is 0.294. The molecule has 0 aliphatic rings. The molecule has 3 rings (SSSR count). The van der Waals surface area contributed by atoms with Gasteiger partial charge >= 0.3 is 6.03 Å². The van der Waals surface area contributed by atoms with Crippen molar-refractivity contribution in [2.75, 3.05) is 11.9 Å². The van der Waals surface area contributed by atoms with E-state index in [2.05, 4.69) is 32.7 Å². The Kier molecular flexibility index (Phi) is 5.40. The molecule has 8 heteroatoms. The number of anilines is 1. The average Bonchev–Trinajstić information content (AvgIpc) is 3.26. The second-order valence-electron chi connectivity index (χ2n) is 5.92. The molecule has 1 atom stereocenters. The summed E-state index contributed by atoms with van der Waals surface area (Å²) in [6.07, 6.45) is 5.24. The molecule has 2 N–H and O–H groups in total. The van der Waals surface area contributed by atoms with E-state index < -0.39 is 0 Å². The molecular formula is C17H21N7O. The number of amides is 2. The average molecular weight is 339 g/mol. The van der Waals surface area contributed by atoms with Gasteiger partial charge in [0.1, 0.15) is 6.33 Å². The van der Waals surface area contributed by atoms with Gasteiger partial charge < -0.3 is 5.32 Å². The van der Waals surface area contributed by atoms with Gasteiger partial charge in [-0.05, 0) is 17.5 Å². The highest BCUT2D eigenvalue weighted by molar-refractivity contribution is 5.87. The molecule has 0 radical (unpaired) electrons. The van der Waals surface area contributed by atoms with Crippen molar-refractivity contribution < 1.29 is 4.79 Å². The Morgan fingerprint density at radius 2 is 2.04 bits per heavy atom. The van der Waals surface area contributed by atoms with Crippen LogP contribution in [0.15, 0.2) is 55.1 Å². The van der Waals surface area contributed by atoms with Gasteiger partial charge in [-0.1, -0.05) is 37.3 Å². The van der Waals surface area contributed by atoms with Gasteiger partial charge in [0.25, 0.3) is 0 Å². The summed E-state index contributed by atoms with van der Waals surface area (Å²) in [6, 6.07) is 11.5. The lowest BCUT2D eigenvalue weighted by Gasteiger charge is -2.12. The van der Waals surface area contributed by atoms with Crippen LogP contribution in [0.4, 0.5) is 10.7 Å². The smallest absolute Gasteiger partial charge is 0.321 e. The summed E-state index contributed by atoms with van der Waals surface area (Å²) in [7, 11) is 0. The summed E-state index contributed by atoms with van der Waals surface area (Å²) in [5, 5.41) is 13.9. The van der Waals surface area contributed by atoms with Crippen molar-refractivity contribution in [3.8, 4) is 0 Å². The lowest BCUT2D eigenvalue weighted by molar-refractivity contribution is 0.249. The van der Waals surface area contributed by atoms with Gasteiger partial charge in [-0.15, -0.1) is 5.10 Å². The number of benzene rings is 1. The third-order valence-corrected chi connectivity index (χ3v) is 3.62. The molecule has 0 unspecified atom stereocenters. The molecule has 0 spiro atoms. The molecular weight excluding hydrogens is 318 g/mol. The molecule has 0 saturated carbocycles. The number of carbonyl (C=O) groups excluding carboxylic acids is 1. The molecule has 0 fully saturated rings. The predicted octanol–water partition coefficient (Wildman–Crippen LogP) is 1.98. The number of hydrogen-bond donors (Lipinski definition) is 2. The van der Waals surface area contributed by atoms with Crippen LogP contribution in [-0.4, -0.2) is 37.1 Å². The standard InChI is InChI=1S/C17H21N7O/c1-14(11-23-9-5-8-20-23)10-18-17(25)21-16-19-13-24(22-16)12-15-6-3-2-4-7-15/h2-9,13-14H,10-12H2,1H3,(H2,18,21,22,25)/t14-/m1/s1. The highest BCUT2D eigenvalue weighted by atomic mass is 16.2. The summed E-state index contributed by atoms with van der Waals surface area (Å²) in [4.78, 5) is 16.1. The lowest BCUT2D eigenvalue weighted by Crippen LogP contribution is -2.34. The first-order valence-electron chi connectivity index (χ1n) is 8.14. The Morgan fingerprint density at radius 1 is 1.20 bits per heavy atom. The highest BCUT2D eigenvalue weighted by Gasteiger charge is 2.09. The zero-order valence-electron chi connectivity index (χ0n) is 14.0. The van der Waals surface area contributed by atoms with E-state index in [1.165, 1.54) is 0 Å². The van der Waals surface area contributed by atoms with Crippen molar-refractivity contribution in [2.45, 2.75) is 20.0 Å². The minimum absolute atomic E-state index is 0.259. The highest BCUT2D eigenvalue weighted by Crippen LogP contribution is 2.03. The van der Waals surface area contributed by atoms with E-state index >= 15 is 0 Å². The maximum atomic E-state index is 12.0. The molecule has 0 saturated heterocycles. The van der Waals surface area contributed by atoms with Crippen molar-refractivity contribution in [1.82, 2.24) is 29.9 Å². The molecule has 2 amide bonds. The molecule has 0 aliphatic carbocycles. The molecule has 8 nitrogen and oxygen atoms in total. The molecule has 3 aromatic rings. The molecule has 1 aromatic carbocycles. The number of rotatable bonds is 7. The number of aromatic nitrogens is 5. The molecule has 0 bridgehead atoms. The normalized spacial score (nSPS) is 11.9. The molecule has 2 heterocycles. The number of nitrogens with zero attached hydrogens (tertiary/aromatic N) is 5. The van der Waals surface area contributed by atoms with E-state index in [1.54, 1.807) is 17.2 Å². The van der Waals surface area contributed by atoms with Gasteiger partial charge in [-0.2, -0.15) is 5.10 Å². The largest absolute Gasteiger partial charge is 0.337 e. The number of hydrogen-bond acceptors (Lipinski definition) is 4. The second-order valence-corrected chi connectivity index (χ2v) is 5.92. The topological polar surface area (TPSA) is 89.7 Å². The Bertz CT molecular complexity index is 782. The van der Waals surface area contributed by atoms with Gasteiger partial charge in [0.2, 0.25) is 5.95 Å². The van der Waals surface area contributed by atoms with Gasteiger partial charge in [-0.3, -0.25) is 10.00 Å². The maximum Gasteiger partial charge on any atom is 0.321 e. The number of urea groups is 1. The van der Waals surface area contributed by atoms with Crippen LogP contribution >= 0.6 is 0 Å². The third kappa shape index (κ3) is 5.17. The fourth-order valence-electron chi connectivity index (χ4n) is 2.40. The van der Waals surface area contributed by atoms with Gasteiger partial charge in [-0.25, -0.2) is 14.5 Å². The quantitative estimate of drug-likeness (QED) is 0.689. The van der Waals surface area contributed by atoms with Gasteiger partial charge in [0, 0.05) is 25.5 Å². The zero-order chi connectivity index (χ0) is 17.5. The van der Waals surface area contributed by atoms with Gasteiger partial charge in [0.05, 0.1) is 6.54 Å². The van der Waals surface area contributed by atoms with Crippen LogP contribution in [0.2, 0.25) is 0 Å². The summed E-state index contributed by atoms with van der Waals surface area (Å²) in [6.45, 7) is 3.94. The van der Waals surface area contributed by atoms with E-state index in [9.17, 15) is 4.79 Å². The van der Waals surface area contributed by atoms with Crippen molar-refractivity contribution in [2.24, 2.45) is 5.92 Å². The zero-order valence-corrected chi connectivity index (χ0v) is 14.0. The molecule has 130 valence electrons.